The summed E-state index contributed by atoms with van der Waals surface area (Å²) in [6.07, 6.45) is 1.40. The van der Waals surface area contributed by atoms with E-state index in [0.717, 1.165) is 5.75 Å². The predicted molar refractivity (Wildman–Crippen MR) is 107 cm³/mol. The van der Waals surface area contributed by atoms with Crippen molar-refractivity contribution in [3.8, 4) is 5.75 Å². The first-order valence-corrected chi connectivity index (χ1v) is 9.42. The average Bonchev–Trinajstić information content (AvgIpc) is 2.71. The maximum Gasteiger partial charge on any atom is 0.119 e. The second-order valence-electron chi connectivity index (χ2n) is 5.52. The van der Waals surface area contributed by atoms with Crippen LogP contribution in [-0.2, 0) is 28.4 Å². The van der Waals surface area contributed by atoms with E-state index in [-0.39, 0.29) is 0 Å². The van der Waals surface area contributed by atoms with E-state index in [0.29, 0.717) is 85.0 Å². The number of hydrogen-bond acceptors (Lipinski definition) is 8. The molecule has 0 bridgehead atoms. The molecular weight excluding hydrogens is 366 g/mol. The third-order valence-corrected chi connectivity index (χ3v) is 3.33. The van der Waals surface area contributed by atoms with E-state index in [4.69, 9.17) is 38.9 Å². The molecule has 0 aliphatic heterocycles. The largest absolute Gasteiger partial charge is 0.499 e. The van der Waals surface area contributed by atoms with Crippen LogP contribution in [0.4, 0.5) is 5.69 Å². The molecule has 8 nitrogen and oxygen atoms in total. The second-order valence-corrected chi connectivity index (χ2v) is 5.52. The molecule has 0 fully saturated rings. The summed E-state index contributed by atoms with van der Waals surface area (Å²) in [5.74, 6) is 0.779. The summed E-state index contributed by atoms with van der Waals surface area (Å²) >= 11 is 0. The molecule has 0 saturated carbocycles. The molecule has 1 aromatic rings. The number of nitrogen functional groups attached to an aromatic ring is 1. The summed E-state index contributed by atoms with van der Waals surface area (Å²) in [6, 6.07) is 7.27. The molecule has 0 atom stereocenters. The summed E-state index contributed by atoms with van der Waals surface area (Å²) in [4.78, 5) is 0. The minimum atomic E-state index is 0.487. The zero-order valence-corrected chi connectivity index (χ0v) is 16.5. The van der Waals surface area contributed by atoms with Crippen LogP contribution >= 0.6 is 0 Å². The van der Waals surface area contributed by atoms with Crippen molar-refractivity contribution in [3.63, 3.8) is 0 Å². The summed E-state index contributed by atoms with van der Waals surface area (Å²) in [5.41, 5.74) is 6.33. The first-order valence-electron chi connectivity index (χ1n) is 9.42. The van der Waals surface area contributed by atoms with Crippen molar-refractivity contribution in [1.29, 1.82) is 0 Å². The van der Waals surface area contributed by atoms with E-state index in [9.17, 15) is 0 Å². The first kappa shape index (κ1) is 24.2. The van der Waals surface area contributed by atoms with Crippen molar-refractivity contribution in [3.05, 3.63) is 37.1 Å². The molecular formula is C20H33NO7. The topological polar surface area (TPSA) is 90.6 Å². The molecule has 0 aliphatic carbocycles. The summed E-state index contributed by atoms with van der Waals surface area (Å²) in [6.45, 7) is 9.71. The molecule has 0 saturated heterocycles. The lowest BCUT2D eigenvalue weighted by atomic mass is 10.3. The van der Waals surface area contributed by atoms with Gasteiger partial charge < -0.3 is 38.9 Å². The van der Waals surface area contributed by atoms with E-state index in [2.05, 4.69) is 6.58 Å². The Hall–Kier alpha value is -1.84. The second kappa shape index (κ2) is 18.5. The van der Waals surface area contributed by atoms with Crippen molar-refractivity contribution >= 4 is 5.69 Å². The van der Waals surface area contributed by atoms with Gasteiger partial charge in [0.15, 0.2) is 0 Å². The molecule has 2 N–H and O–H groups in total. The van der Waals surface area contributed by atoms with Crippen LogP contribution < -0.4 is 10.5 Å². The van der Waals surface area contributed by atoms with E-state index in [1.165, 1.54) is 6.26 Å². The van der Waals surface area contributed by atoms with Crippen molar-refractivity contribution in [2.45, 2.75) is 0 Å². The Bertz CT molecular complexity index is 470. The molecule has 1 rings (SSSR count). The Balaban J connectivity index is 1.71. The van der Waals surface area contributed by atoms with E-state index >= 15 is 0 Å². The van der Waals surface area contributed by atoms with Crippen molar-refractivity contribution in [2.24, 2.45) is 0 Å². The number of ether oxygens (including phenoxy) is 7. The Kier molecular flexibility index (Phi) is 16.0. The van der Waals surface area contributed by atoms with Gasteiger partial charge in [-0.2, -0.15) is 0 Å². The molecule has 0 aliphatic rings. The zero-order chi connectivity index (χ0) is 20.1. The lowest BCUT2D eigenvalue weighted by molar-refractivity contribution is -0.0150. The fourth-order valence-corrected chi connectivity index (χ4v) is 1.95. The SMILES string of the molecule is C=COCCOCCOCCOCCOCCOCCOc1ccc(N)cc1. The van der Waals surface area contributed by atoms with Crippen LogP contribution in [0, 0.1) is 0 Å². The van der Waals surface area contributed by atoms with E-state index in [1.807, 2.05) is 12.1 Å². The van der Waals surface area contributed by atoms with E-state index < -0.39 is 0 Å². The molecule has 0 spiro atoms. The third-order valence-electron chi connectivity index (χ3n) is 3.33. The molecule has 0 amide bonds. The Morgan fingerprint density at radius 2 is 1.00 bits per heavy atom. The summed E-state index contributed by atoms with van der Waals surface area (Å²) < 4.78 is 37.4. The smallest absolute Gasteiger partial charge is 0.119 e. The predicted octanol–water partition coefficient (Wildman–Crippen LogP) is 1.89. The zero-order valence-electron chi connectivity index (χ0n) is 16.5. The maximum atomic E-state index is 5.61. The number of anilines is 1. The highest BCUT2D eigenvalue weighted by Crippen LogP contribution is 2.12. The van der Waals surface area contributed by atoms with Gasteiger partial charge in [-0.1, -0.05) is 6.58 Å². The molecule has 28 heavy (non-hydrogen) atoms. The number of hydrogen-bond donors (Lipinski definition) is 1. The van der Waals surface area contributed by atoms with Crippen molar-refractivity contribution < 1.29 is 33.2 Å². The van der Waals surface area contributed by atoms with Crippen LogP contribution in [0.15, 0.2) is 37.1 Å². The minimum absolute atomic E-state index is 0.487. The molecule has 160 valence electrons. The Labute approximate surface area is 167 Å². The van der Waals surface area contributed by atoms with Crippen molar-refractivity contribution in [1.82, 2.24) is 0 Å². The van der Waals surface area contributed by atoms with E-state index in [1.54, 1.807) is 12.1 Å². The van der Waals surface area contributed by atoms with Crippen molar-refractivity contribution in [2.75, 3.05) is 85.0 Å². The quantitative estimate of drug-likeness (QED) is 0.202. The molecule has 0 aromatic heterocycles. The van der Waals surface area contributed by atoms with Gasteiger partial charge in [0.25, 0.3) is 0 Å². The number of rotatable bonds is 20. The highest BCUT2D eigenvalue weighted by molar-refractivity contribution is 5.41. The van der Waals surface area contributed by atoms with Gasteiger partial charge in [-0.25, -0.2) is 0 Å². The minimum Gasteiger partial charge on any atom is -0.499 e. The maximum absolute atomic E-state index is 5.61. The van der Waals surface area contributed by atoms with Crippen LogP contribution in [0.5, 0.6) is 5.75 Å². The van der Waals surface area contributed by atoms with Gasteiger partial charge in [0.2, 0.25) is 0 Å². The summed E-state index contributed by atoms with van der Waals surface area (Å²) in [7, 11) is 0. The van der Waals surface area contributed by atoms with Crippen LogP contribution in [0.3, 0.4) is 0 Å². The van der Waals surface area contributed by atoms with Gasteiger partial charge in [0.05, 0.1) is 72.3 Å². The van der Waals surface area contributed by atoms with Gasteiger partial charge in [0.1, 0.15) is 19.0 Å². The monoisotopic (exact) mass is 399 g/mol. The van der Waals surface area contributed by atoms with Crippen LogP contribution in [0.25, 0.3) is 0 Å². The fourth-order valence-electron chi connectivity index (χ4n) is 1.95. The Morgan fingerprint density at radius 3 is 1.43 bits per heavy atom. The normalized spacial score (nSPS) is 10.7. The average molecular weight is 399 g/mol. The fraction of sp³-hybridized carbons (Fsp3) is 0.600. The molecule has 0 heterocycles. The molecule has 1 aromatic carbocycles. The molecule has 0 unspecified atom stereocenters. The van der Waals surface area contributed by atoms with Gasteiger partial charge in [-0.15, -0.1) is 0 Å². The molecule has 0 radical (unpaired) electrons. The number of nitrogens with two attached hydrogens (primary N) is 1. The third kappa shape index (κ3) is 15.2. The van der Waals surface area contributed by atoms with Gasteiger partial charge in [0, 0.05) is 5.69 Å². The van der Waals surface area contributed by atoms with Crippen LogP contribution in [0.2, 0.25) is 0 Å². The molecule has 8 heteroatoms. The lowest BCUT2D eigenvalue weighted by Gasteiger charge is -2.09. The summed E-state index contributed by atoms with van der Waals surface area (Å²) in [5, 5.41) is 0. The van der Waals surface area contributed by atoms with Crippen LogP contribution in [-0.4, -0.2) is 79.3 Å². The Morgan fingerprint density at radius 1 is 0.607 bits per heavy atom. The standard InChI is InChI=1S/C20H33NO7/c1-2-22-7-8-23-9-10-24-11-12-25-13-14-26-15-16-27-17-18-28-20-5-3-19(21)4-6-20/h2-6H,1,7-18,21H2. The van der Waals surface area contributed by atoms with Crippen LogP contribution in [0.1, 0.15) is 0 Å². The van der Waals surface area contributed by atoms with Gasteiger partial charge >= 0.3 is 0 Å². The van der Waals surface area contributed by atoms with Gasteiger partial charge in [-0.3, -0.25) is 0 Å². The highest BCUT2D eigenvalue weighted by atomic mass is 16.6. The van der Waals surface area contributed by atoms with Gasteiger partial charge in [-0.05, 0) is 24.3 Å². The first-order chi connectivity index (χ1) is 13.8. The highest BCUT2D eigenvalue weighted by Gasteiger charge is 1.95. The number of benzene rings is 1. The lowest BCUT2D eigenvalue weighted by Crippen LogP contribution is -2.14.